The monoisotopic (exact) mass is 263 g/mol. The number of benzene rings is 1. The highest BCUT2D eigenvalue weighted by atomic mass is 16.5. The van der Waals surface area contributed by atoms with E-state index in [1.165, 1.54) is 7.11 Å². The second kappa shape index (κ2) is 6.31. The number of imidazole rings is 1. The number of nitrogens with zero attached hydrogens (tertiary/aromatic N) is 1. The molecule has 2 aromatic rings. The zero-order valence-corrected chi connectivity index (χ0v) is 10.7. The third kappa shape index (κ3) is 3.52. The zero-order valence-electron chi connectivity index (χ0n) is 10.7. The van der Waals surface area contributed by atoms with Gasteiger partial charge < -0.3 is 20.1 Å². The van der Waals surface area contributed by atoms with Crippen LogP contribution in [0.4, 0.5) is 0 Å². The predicted octanol–water partition coefficient (Wildman–Crippen LogP) is 0.690. The minimum atomic E-state index is -0.555. The normalized spacial score (nSPS) is 12.5. The molecule has 0 saturated carbocycles. The maximum Gasteiger partial charge on any atom is 0.251 e. The van der Waals surface area contributed by atoms with E-state index in [1.54, 1.807) is 24.5 Å². The van der Waals surface area contributed by atoms with Gasteiger partial charge >= 0.3 is 0 Å². The van der Waals surface area contributed by atoms with E-state index in [1.807, 2.05) is 0 Å². The number of aliphatic hydroxyl groups is 1. The van der Waals surface area contributed by atoms with Crippen molar-refractivity contribution in [3.8, 4) is 0 Å². The number of hydrogen-bond donors (Lipinski definition) is 3. The third-order valence-corrected chi connectivity index (χ3v) is 2.80. The molecule has 1 amide bonds. The van der Waals surface area contributed by atoms with Gasteiger partial charge in [-0.2, -0.15) is 0 Å². The fourth-order valence-corrected chi connectivity index (χ4v) is 1.81. The van der Waals surface area contributed by atoms with Gasteiger partial charge in [-0.05, 0) is 24.6 Å². The Morgan fingerprint density at radius 1 is 1.58 bits per heavy atom. The minimum absolute atomic E-state index is 0.166. The Labute approximate surface area is 110 Å². The number of H-pyrrole nitrogens is 1. The Morgan fingerprint density at radius 2 is 2.42 bits per heavy atom. The second-order valence-corrected chi connectivity index (χ2v) is 4.29. The number of fused-ring (bicyclic) bond motifs is 1. The SMILES string of the molecule is COCC(O)CCNC(=O)c1ccc2nc[nH]c2c1. The molecule has 19 heavy (non-hydrogen) atoms. The molecular formula is C13H17N3O3. The summed E-state index contributed by atoms with van der Waals surface area (Å²) in [5.41, 5.74) is 2.22. The van der Waals surface area contributed by atoms with Gasteiger partial charge in [-0.1, -0.05) is 0 Å². The number of aromatic nitrogens is 2. The van der Waals surface area contributed by atoms with Crippen LogP contribution in [0.1, 0.15) is 16.8 Å². The fourth-order valence-electron chi connectivity index (χ4n) is 1.81. The molecule has 0 fully saturated rings. The topological polar surface area (TPSA) is 87.2 Å². The Morgan fingerprint density at radius 3 is 3.21 bits per heavy atom. The first-order valence-electron chi connectivity index (χ1n) is 6.09. The Bertz CT molecular complexity index is 553. The Hall–Kier alpha value is -1.92. The highest BCUT2D eigenvalue weighted by Gasteiger charge is 2.08. The summed E-state index contributed by atoms with van der Waals surface area (Å²) < 4.78 is 4.81. The molecule has 1 aromatic heterocycles. The molecule has 1 aromatic carbocycles. The van der Waals surface area contributed by atoms with Crippen molar-refractivity contribution in [2.24, 2.45) is 0 Å². The molecule has 3 N–H and O–H groups in total. The lowest BCUT2D eigenvalue weighted by Gasteiger charge is -2.10. The molecule has 1 atom stereocenters. The van der Waals surface area contributed by atoms with Crippen LogP contribution in [-0.4, -0.2) is 47.3 Å². The van der Waals surface area contributed by atoms with Gasteiger partial charge in [-0.25, -0.2) is 4.98 Å². The van der Waals surface area contributed by atoms with Crippen molar-refractivity contribution in [3.63, 3.8) is 0 Å². The average molecular weight is 263 g/mol. The van der Waals surface area contributed by atoms with Crippen molar-refractivity contribution in [3.05, 3.63) is 30.1 Å². The zero-order chi connectivity index (χ0) is 13.7. The van der Waals surface area contributed by atoms with Crippen molar-refractivity contribution in [1.29, 1.82) is 0 Å². The first-order chi connectivity index (χ1) is 9.20. The molecule has 0 aliphatic heterocycles. The quantitative estimate of drug-likeness (QED) is 0.715. The number of carbonyl (C=O) groups is 1. The number of ether oxygens (including phenoxy) is 1. The lowest BCUT2D eigenvalue weighted by molar-refractivity contribution is 0.0587. The first kappa shape index (κ1) is 13.5. The highest BCUT2D eigenvalue weighted by Crippen LogP contribution is 2.11. The summed E-state index contributed by atoms with van der Waals surface area (Å²) in [6, 6.07) is 5.27. The van der Waals surface area contributed by atoms with Crippen molar-refractivity contribution in [2.45, 2.75) is 12.5 Å². The summed E-state index contributed by atoms with van der Waals surface area (Å²) >= 11 is 0. The molecule has 2 rings (SSSR count). The molecule has 0 aliphatic carbocycles. The number of hydrogen-bond acceptors (Lipinski definition) is 4. The van der Waals surface area contributed by atoms with Gasteiger partial charge in [-0.15, -0.1) is 0 Å². The van der Waals surface area contributed by atoms with E-state index in [0.29, 0.717) is 18.5 Å². The molecule has 6 heteroatoms. The third-order valence-electron chi connectivity index (χ3n) is 2.80. The number of nitrogens with one attached hydrogen (secondary N) is 2. The van der Waals surface area contributed by atoms with Crippen molar-refractivity contribution < 1.29 is 14.6 Å². The summed E-state index contributed by atoms with van der Waals surface area (Å²) in [5, 5.41) is 12.2. The number of aliphatic hydroxyl groups excluding tert-OH is 1. The maximum atomic E-state index is 11.9. The lowest BCUT2D eigenvalue weighted by Crippen LogP contribution is -2.28. The number of amides is 1. The number of carbonyl (C=O) groups excluding carboxylic acids is 1. The van der Waals surface area contributed by atoms with E-state index in [-0.39, 0.29) is 12.5 Å². The fraction of sp³-hybridized carbons (Fsp3) is 0.385. The van der Waals surface area contributed by atoms with E-state index in [2.05, 4.69) is 15.3 Å². The summed E-state index contributed by atoms with van der Waals surface area (Å²) in [5.74, 6) is -0.166. The van der Waals surface area contributed by atoms with Crippen LogP contribution in [-0.2, 0) is 4.74 Å². The molecule has 6 nitrogen and oxygen atoms in total. The van der Waals surface area contributed by atoms with Gasteiger partial charge in [0.1, 0.15) is 0 Å². The molecule has 0 saturated heterocycles. The van der Waals surface area contributed by atoms with Crippen LogP contribution >= 0.6 is 0 Å². The van der Waals surface area contributed by atoms with Crippen molar-refractivity contribution in [2.75, 3.05) is 20.3 Å². The first-order valence-corrected chi connectivity index (χ1v) is 6.09. The molecular weight excluding hydrogens is 246 g/mol. The van der Waals surface area contributed by atoms with Gasteiger partial charge in [-0.3, -0.25) is 4.79 Å². The summed E-state index contributed by atoms with van der Waals surface area (Å²) in [6.07, 6.45) is 1.50. The average Bonchev–Trinajstić information content (AvgIpc) is 2.86. The second-order valence-electron chi connectivity index (χ2n) is 4.29. The van der Waals surface area contributed by atoms with Crippen LogP contribution < -0.4 is 5.32 Å². The van der Waals surface area contributed by atoms with Crippen molar-refractivity contribution in [1.82, 2.24) is 15.3 Å². The molecule has 0 aliphatic rings. The molecule has 0 bridgehead atoms. The van der Waals surface area contributed by atoms with E-state index in [4.69, 9.17) is 4.74 Å². The molecule has 1 heterocycles. The van der Waals surface area contributed by atoms with Crippen LogP contribution in [0.25, 0.3) is 11.0 Å². The minimum Gasteiger partial charge on any atom is -0.391 e. The van der Waals surface area contributed by atoms with Gasteiger partial charge in [0, 0.05) is 19.2 Å². The highest BCUT2D eigenvalue weighted by molar-refractivity contribution is 5.97. The predicted molar refractivity (Wildman–Crippen MR) is 70.9 cm³/mol. The van der Waals surface area contributed by atoms with E-state index in [0.717, 1.165) is 11.0 Å². The smallest absolute Gasteiger partial charge is 0.251 e. The van der Waals surface area contributed by atoms with Crippen LogP contribution in [0, 0.1) is 0 Å². The van der Waals surface area contributed by atoms with Crippen molar-refractivity contribution >= 4 is 16.9 Å². The van der Waals surface area contributed by atoms with Gasteiger partial charge in [0.15, 0.2) is 0 Å². The summed E-state index contributed by atoms with van der Waals surface area (Å²) in [4.78, 5) is 18.9. The standard InChI is InChI=1S/C13H17N3O3/c1-19-7-10(17)4-5-14-13(18)9-2-3-11-12(6-9)16-8-15-11/h2-3,6,8,10,17H,4-5,7H2,1H3,(H,14,18)(H,15,16). The lowest BCUT2D eigenvalue weighted by atomic mass is 10.2. The number of aromatic amines is 1. The van der Waals surface area contributed by atoms with Gasteiger partial charge in [0.25, 0.3) is 5.91 Å². The molecule has 0 radical (unpaired) electrons. The van der Waals surface area contributed by atoms with E-state index >= 15 is 0 Å². The Kier molecular flexibility index (Phi) is 4.48. The Balaban J connectivity index is 1.89. The van der Waals surface area contributed by atoms with Crippen LogP contribution in [0.2, 0.25) is 0 Å². The summed E-state index contributed by atoms with van der Waals surface area (Å²) in [7, 11) is 1.53. The molecule has 102 valence electrons. The maximum absolute atomic E-state index is 11.9. The molecule has 1 unspecified atom stereocenters. The largest absolute Gasteiger partial charge is 0.391 e. The number of methoxy groups -OCH3 is 1. The van der Waals surface area contributed by atoms with Crippen LogP contribution in [0.3, 0.4) is 0 Å². The van der Waals surface area contributed by atoms with E-state index in [9.17, 15) is 9.90 Å². The number of rotatable bonds is 6. The van der Waals surface area contributed by atoms with Gasteiger partial charge in [0.2, 0.25) is 0 Å². The van der Waals surface area contributed by atoms with Gasteiger partial charge in [0.05, 0.1) is 30.1 Å². The van der Waals surface area contributed by atoms with Crippen LogP contribution in [0.5, 0.6) is 0 Å². The van der Waals surface area contributed by atoms with E-state index < -0.39 is 6.10 Å². The molecule has 0 spiro atoms. The van der Waals surface area contributed by atoms with Crippen LogP contribution in [0.15, 0.2) is 24.5 Å². The summed E-state index contributed by atoms with van der Waals surface area (Å²) in [6.45, 7) is 0.681.